The summed E-state index contributed by atoms with van der Waals surface area (Å²) >= 11 is 15.3. The molecule has 23 heavy (non-hydrogen) atoms. The van der Waals surface area contributed by atoms with Gasteiger partial charge in [0.15, 0.2) is 5.76 Å². The summed E-state index contributed by atoms with van der Waals surface area (Å²) in [5.41, 5.74) is 1.08. The maximum absolute atomic E-state index is 12.4. The maximum Gasteiger partial charge on any atom is 0.343 e. The van der Waals surface area contributed by atoms with Crippen LogP contribution in [0.5, 0.6) is 0 Å². The molecule has 0 unspecified atom stereocenters. The predicted molar refractivity (Wildman–Crippen MR) is 102 cm³/mol. The van der Waals surface area contributed by atoms with Crippen molar-refractivity contribution in [1.82, 2.24) is 0 Å². The molecule has 0 aliphatic heterocycles. The smallest absolute Gasteiger partial charge is 0.343 e. The summed E-state index contributed by atoms with van der Waals surface area (Å²) < 4.78 is 6.50. The van der Waals surface area contributed by atoms with Crippen LogP contribution in [-0.2, 0) is 4.74 Å². The van der Waals surface area contributed by atoms with E-state index in [1.807, 2.05) is 18.6 Å². The Kier molecular flexibility index (Phi) is 6.90. The Labute approximate surface area is 154 Å². The highest BCUT2D eigenvalue weighted by Crippen LogP contribution is 2.38. The molecule has 0 saturated heterocycles. The van der Waals surface area contributed by atoms with Gasteiger partial charge in [-0.25, -0.2) is 4.79 Å². The van der Waals surface area contributed by atoms with Gasteiger partial charge in [-0.05, 0) is 42.8 Å². The fourth-order valence-corrected chi connectivity index (χ4v) is 3.59. The van der Waals surface area contributed by atoms with Crippen LogP contribution >= 0.6 is 46.7 Å². The third-order valence-corrected chi connectivity index (χ3v) is 5.61. The molecule has 0 N–H and O–H groups in total. The van der Waals surface area contributed by atoms with Crippen LogP contribution in [0.1, 0.15) is 15.9 Å². The number of carbonyl (C=O) groups excluding carboxylic acids is 1. The highest BCUT2D eigenvalue weighted by Gasteiger charge is 2.19. The highest BCUT2D eigenvalue weighted by atomic mass is 35.5. The molecular weight excluding hydrogens is 371 g/mol. The van der Waals surface area contributed by atoms with Crippen LogP contribution in [-0.4, -0.2) is 18.5 Å². The number of halogens is 2. The topological polar surface area (TPSA) is 26.3 Å². The van der Waals surface area contributed by atoms with E-state index in [0.717, 1.165) is 4.24 Å². The standard InChI is InChI=1S/C17H14Cl2O2S2/c1-22-17(23-2)15(13-10-12(18)8-9-14(13)19)21-16(20)11-6-4-3-5-7-11/h3-10H,1-2H3. The first-order valence-electron chi connectivity index (χ1n) is 6.61. The van der Waals surface area contributed by atoms with Gasteiger partial charge in [-0.3, -0.25) is 0 Å². The summed E-state index contributed by atoms with van der Waals surface area (Å²) in [6, 6.07) is 13.9. The van der Waals surface area contributed by atoms with E-state index in [-0.39, 0.29) is 0 Å². The highest BCUT2D eigenvalue weighted by molar-refractivity contribution is 8.21. The van der Waals surface area contributed by atoms with Crippen molar-refractivity contribution in [2.45, 2.75) is 0 Å². The molecule has 0 bridgehead atoms. The minimum Gasteiger partial charge on any atom is -0.420 e. The molecule has 0 radical (unpaired) electrons. The summed E-state index contributed by atoms with van der Waals surface area (Å²) in [6.45, 7) is 0. The van der Waals surface area contributed by atoms with Crippen molar-refractivity contribution in [3.63, 3.8) is 0 Å². The fraction of sp³-hybridized carbons (Fsp3) is 0.118. The Bertz CT molecular complexity index is 725. The summed E-state index contributed by atoms with van der Waals surface area (Å²) in [5.74, 6) is -0.0106. The molecule has 0 fully saturated rings. The van der Waals surface area contributed by atoms with E-state index < -0.39 is 5.97 Å². The van der Waals surface area contributed by atoms with E-state index in [4.69, 9.17) is 27.9 Å². The summed E-state index contributed by atoms with van der Waals surface area (Å²) in [4.78, 5) is 12.4. The Morgan fingerprint density at radius 3 is 2.26 bits per heavy atom. The van der Waals surface area contributed by atoms with Gasteiger partial charge in [-0.15, -0.1) is 23.5 Å². The predicted octanol–water partition coefficient (Wildman–Crippen LogP) is 6.20. The molecule has 120 valence electrons. The second-order valence-electron chi connectivity index (χ2n) is 4.40. The number of thioether (sulfide) groups is 2. The van der Waals surface area contributed by atoms with Gasteiger partial charge in [0.2, 0.25) is 0 Å². The van der Waals surface area contributed by atoms with E-state index in [2.05, 4.69) is 0 Å². The van der Waals surface area contributed by atoms with Crippen LogP contribution in [0.3, 0.4) is 0 Å². The van der Waals surface area contributed by atoms with Gasteiger partial charge in [0.25, 0.3) is 0 Å². The largest absolute Gasteiger partial charge is 0.420 e. The molecule has 2 nitrogen and oxygen atoms in total. The number of hydrogen-bond acceptors (Lipinski definition) is 4. The summed E-state index contributed by atoms with van der Waals surface area (Å²) in [7, 11) is 0. The molecule has 2 aromatic carbocycles. The Morgan fingerprint density at radius 1 is 1.00 bits per heavy atom. The number of benzene rings is 2. The van der Waals surface area contributed by atoms with E-state index in [1.165, 1.54) is 23.5 Å². The number of rotatable bonds is 5. The Morgan fingerprint density at radius 2 is 1.65 bits per heavy atom. The van der Waals surface area contributed by atoms with Crippen molar-refractivity contribution < 1.29 is 9.53 Å². The average molecular weight is 385 g/mol. The zero-order chi connectivity index (χ0) is 16.8. The Balaban J connectivity index is 2.46. The van der Waals surface area contributed by atoms with Crippen LogP contribution in [0.25, 0.3) is 5.76 Å². The summed E-state index contributed by atoms with van der Waals surface area (Å²) in [6.07, 6.45) is 3.83. The van der Waals surface area contributed by atoms with Gasteiger partial charge in [0, 0.05) is 10.6 Å². The molecule has 0 saturated carbocycles. The molecule has 0 spiro atoms. The monoisotopic (exact) mass is 384 g/mol. The zero-order valence-electron chi connectivity index (χ0n) is 12.5. The molecule has 0 amide bonds. The van der Waals surface area contributed by atoms with Gasteiger partial charge in [-0.2, -0.15) is 0 Å². The fourth-order valence-electron chi connectivity index (χ4n) is 1.87. The minimum absolute atomic E-state index is 0.423. The van der Waals surface area contributed by atoms with E-state index in [9.17, 15) is 4.79 Å². The van der Waals surface area contributed by atoms with Gasteiger partial charge in [0.1, 0.15) is 0 Å². The molecule has 2 rings (SSSR count). The van der Waals surface area contributed by atoms with Crippen LogP contribution in [0, 0.1) is 0 Å². The van der Waals surface area contributed by atoms with Crippen molar-refractivity contribution in [3.05, 3.63) is 73.9 Å². The third-order valence-electron chi connectivity index (χ3n) is 2.93. The maximum atomic E-state index is 12.4. The van der Waals surface area contributed by atoms with Gasteiger partial charge in [-0.1, -0.05) is 41.4 Å². The van der Waals surface area contributed by atoms with E-state index >= 15 is 0 Å². The summed E-state index contributed by atoms with van der Waals surface area (Å²) in [5, 5.41) is 1.00. The van der Waals surface area contributed by atoms with Crippen LogP contribution < -0.4 is 0 Å². The molecule has 0 heterocycles. The number of carbonyl (C=O) groups is 1. The molecule has 0 aromatic heterocycles. The van der Waals surface area contributed by atoms with Gasteiger partial charge < -0.3 is 4.74 Å². The average Bonchev–Trinajstić information content (AvgIpc) is 2.58. The van der Waals surface area contributed by atoms with Gasteiger partial charge in [0.05, 0.1) is 14.8 Å². The zero-order valence-corrected chi connectivity index (χ0v) is 15.7. The quantitative estimate of drug-likeness (QED) is 0.452. The minimum atomic E-state index is -0.433. The molecule has 6 heteroatoms. The molecule has 0 atom stereocenters. The lowest BCUT2D eigenvalue weighted by Crippen LogP contribution is -2.06. The van der Waals surface area contributed by atoms with Crippen LogP contribution in [0.2, 0.25) is 10.0 Å². The third kappa shape index (κ3) is 4.70. The first kappa shape index (κ1) is 18.3. The Hall–Kier alpha value is -1.07. The second-order valence-corrected chi connectivity index (χ2v) is 7.14. The van der Waals surface area contributed by atoms with Crippen molar-refractivity contribution in [3.8, 4) is 0 Å². The first-order valence-corrected chi connectivity index (χ1v) is 9.82. The number of esters is 1. The lowest BCUT2D eigenvalue weighted by Gasteiger charge is -2.14. The number of hydrogen-bond donors (Lipinski definition) is 0. The van der Waals surface area contributed by atoms with Gasteiger partial charge >= 0.3 is 5.97 Å². The molecular formula is C17H14Cl2O2S2. The van der Waals surface area contributed by atoms with Crippen molar-refractivity contribution in [2.75, 3.05) is 12.5 Å². The lowest BCUT2D eigenvalue weighted by atomic mass is 10.2. The van der Waals surface area contributed by atoms with Crippen molar-refractivity contribution >= 4 is 58.5 Å². The SMILES string of the molecule is CSC(SC)=C(OC(=O)c1ccccc1)c1cc(Cl)ccc1Cl. The number of ether oxygens (including phenoxy) is 1. The van der Waals surface area contributed by atoms with E-state index in [1.54, 1.807) is 42.5 Å². The molecule has 0 aliphatic rings. The van der Waals surface area contributed by atoms with Crippen LogP contribution in [0.4, 0.5) is 0 Å². The molecule has 0 aliphatic carbocycles. The first-order chi connectivity index (χ1) is 11.1. The normalized spacial score (nSPS) is 10.3. The second kappa shape index (κ2) is 8.69. The van der Waals surface area contributed by atoms with E-state index in [0.29, 0.717) is 26.9 Å². The molecule has 2 aromatic rings. The van der Waals surface area contributed by atoms with Crippen molar-refractivity contribution in [1.29, 1.82) is 0 Å². The lowest BCUT2D eigenvalue weighted by molar-refractivity contribution is 0.0692. The van der Waals surface area contributed by atoms with Crippen molar-refractivity contribution in [2.24, 2.45) is 0 Å². The van der Waals surface area contributed by atoms with Crippen LogP contribution in [0.15, 0.2) is 52.8 Å².